The Balaban J connectivity index is 1.84. The summed E-state index contributed by atoms with van der Waals surface area (Å²) in [7, 11) is 0. The lowest BCUT2D eigenvalue weighted by atomic mass is 10.3. The van der Waals surface area contributed by atoms with E-state index in [1.54, 1.807) is 0 Å². The number of ether oxygens (including phenoxy) is 1. The van der Waals surface area contributed by atoms with Gasteiger partial charge in [-0.05, 0) is 24.6 Å². The molecule has 0 aliphatic carbocycles. The Hall–Kier alpha value is -1.43. The lowest BCUT2D eigenvalue weighted by Crippen LogP contribution is -2.20. The minimum absolute atomic E-state index is 0.0760. The van der Waals surface area contributed by atoms with Crippen LogP contribution in [0, 0.1) is 6.92 Å². The molecular formula is C13H19N3O2. The summed E-state index contributed by atoms with van der Waals surface area (Å²) in [5.41, 5.74) is 3.32. The van der Waals surface area contributed by atoms with E-state index in [0.717, 1.165) is 24.4 Å². The van der Waals surface area contributed by atoms with E-state index in [-0.39, 0.29) is 6.61 Å². The Labute approximate surface area is 106 Å². The number of aryl methyl sites for hydroxylation is 1. The van der Waals surface area contributed by atoms with Crippen molar-refractivity contribution in [3.8, 4) is 0 Å². The fourth-order valence-electron chi connectivity index (χ4n) is 1.79. The lowest BCUT2D eigenvalue weighted by Gasteiger charge is -2.05. The first kappa shape index (κ1) is 13.0. The minimum Gasteiger partial charge on any atom is -0.394 e. The molecule has 5 nitrogen and oxygen atoms in total. The second-order valence-electron chi connectivity index (χ2n) is 4.19. The molecule has 18 heavy (non-hydrogen) atoms. The smallest absolute Gasteiger partial charge is 0.137 e. The molecule has 0 atom stereocenters. The standard InChI is InChI=1S/C13H19N3O2/c1-11-2-4-16-12(10-15-13(16)8-11)9-14-3-6-18-7-5-17/h2,4,8,10,14,17H,3,5-7,9H2,1H3. The molecule has 0 saturated heterocycles. The molecule has 0 bridgehead atoms. The van der Waals surface area contributed by atoms with Gasteiger partial charge in [-0.3, -0.25) is 0 Å². The zero-order valence-corrected chi connectivity index (χ0v) is 10.6. The zero-order chi connectivity index (χ0) is 12.8. The molecule has 2 N–H and O–H groups in total. The Morgan fingerprint density at radius 2 is 2.33 bits per heavy atom. The first-order valence-electron chi connectivity index (χ1n) is 6.13. The highest BCUT2D eigenvalue weighted by molar-refractivity contribution is 5.42. The van der Waals surface area contributed by atoms with E-state index in [2.05, 4.69) is 33.8 Å². The molecule has 0 amide bonds. The topological polar surface area (TPSA) is 58.8 Å². The summed E-state index contributed by atoms with van der Waals surface area (Å²) in [5, 5.41) is 11.8. The summed E-state index contributed by atoms with van der Waals surface area (Å²) in [5.74, 6) is 0. The number of nitrogens with one attached hydrogen (secondary N) is 1. The molecule has 2 heterocycles. The van der Waals surface area contributed by atoms with E-state index in [4.69, 9.17) is 9.84 Å². The van der Waals surface area contributed by atoms with Crippen LogP contribution in [0.2, 0.25) is 0 Å². The maximum absolute atomic E-state index is 8.56. The number of aliphatic hydroxyl groups excluding tert-OH is 1. The first-order chi connectivity index (χ1) is 8.81. The van der Waals surface area contributed by atoms with Gasteiger partial charge in [0.15, 0.2) is 0 Å². The molecule has 98 valence electrons. The number of aromatic nitrogens is 2. The fraction of sp³-hybridized carbons (Fsp3) is 0.462. The maximum atomic E-state index is 8.56. The normalized spacial score (nSPS) is 11.2. The van der Waals surface area contributed by atoms with Crippen molar-refractivity contribution in [2.24, 2.45) is 0 Å². The van der Waals surface area contributed by atoms with Gasteiger partial charge in [0.2, 0.25) is 0 Å². The van der Waals surface area contributed by atoms with Crippen LogP contribution in [0.15, 0.2) is 24.5 Å². The number of hydrogen-bond acceptors (Lipinski definition) is 4. The van der Waals surface area contributed by atoms with E-state index < -0.39 is 0 Å². The van der Waals surface area contributed by atoms with E-state index in [1.807, 2.05) is 12.4 Å². The van der Waals surface area contributed by atoms with Crippen molar-refractivity contribution >= 4 is 5.65 Å². The summed E-state index contributed by atoms with van der Waals surface area (Å²) in [6.45, 7) is 4.66. The summed E-state index contributed by atoms with van der Waals surface area (Å²) in [4.78, 5) is 4.37. The van der Waals surface area contributed by atoms with Gasteiger partial charge in [0, 0.05) is 19.3 Å². The van der Waals surface area contributed by atoms with Gasteiger partial charge < -0.3 is 19.6 Å². The molecule has 0 fully saturated rings. The Bertz CT molecular complexity index is 496. The van der Waals surface area contributed by atoms with Crippen LogP contribution in [0.25, 0.3) is 5.65 Å². The summed E-state index contributed by atoms with van der Waals surface area (Å²) < 4.78 is 7.25. The van der Waals surface area contributed by atoms with Crippen molar-refractivity contribution in [3.05, 3.63) is 35.8 Å². The molecule has 2 aromatic heterocycles. The molecule has 0 unspecified atom stereocenters. The van der Waals surface area contributed by atoms with Gasteiger partial charge in [0.05, 0.1) is 31.7 Å². The van der Waals surface area contributed by atoms with E-state index >= 15 is 0 Å². The predicted molar refractivity (Wildman–Crippen MR) is 69.5 cm³/mol. The lowest BCUT2D eigenvalue weighted by molar-refractivity contribution is 0.0937. The first-order valence-corrected chi connectivity index (χ1v) is 6.13. The largest absolute Gasteiger partial charge is 0.394 e. The van der Waals surface area contributed by atoms with Crippen molar-refractivity contribution in [2.45, 2.75) is 13.5 Å². The Kier molecular flexibility index (Phi) is 4.69. The van der Waals surface area contributed by atoms with Gasteiger partial charge in [-0.1, -0.05) is 0 Å². The number of hydrogen-bond donors (Lipinski definition) is 2. The van der Waals surface area contributed by atoms with E-state index in [1.165, 1.54) is 5.56 Å². The molecular weight excluding hydrogens is 230 g/mol. The third-order valence-corrected chi connectivity index (χ3v) is 2.71. The van der Waals surface area contributed by atoms with Crippen molar-refractivity contribution in [1.29, 1.82) is 0 Å². The van der Waals surface area contributed by atoms with Crippen LogP contribution in [-0.4, -0.2) is 40.9 Å². The second-order valence-corrected chi connectivity index (χ2v) is 4.19. The highest BCUT2D eigenvalue weighted by Crippen LogP contribution is 2.08. The van der Waals surface area contributed by atoms with Crippen molar-refractivity contribution in [3.63, 3.8) is 0 Å². The second kappa shape index (κ2) is 6.49. The predicted octanol–water partition coefficient (Wildman–Crippen LogP) is 0.741. The maximum Gasteiger partial charge on any atom is 0.137 e. The van der Waals surface area contributed by atoms with E-state index in [0.29, 0.717) is 13.2 Å². The molecule has 5 heteroatoms. The summed E-state index contributed by atoms with van der Waals surface area (Å²) in [6, 6.07) is 4.14. The van der Waals surface area contributed by atoms with Crippen LogP contribution in [0.5, 0.6) is 0 Å². The molecule has 0 aromatic carbocycles. The summed E-state index contributed by atoms with van der Waals surface area (Å²) in [6.07, 6.45) is 3.92. The highest BCUT2D eigenvalue weighted by Gasteiger charge is 2.02. The molecule has 0 spiro atoms. The van der Waals surface area contributed by atoms with Crippen LogP contribution >= 0.6 is 0 Å². The monoisotopic (exact) mass is 249 g/mol. The van der Waals surface area contributed by atoms with Crippen LogP contribution in [-0.2, 0) is 11.3 Å². The van der Waals surface area contributed by atoms with Crippen molar-refractivity contribution in [1.82, 2.24) is 14.7 Å². The summed E-state index contributed by atoms with van der Waals surface area (Å²) >= 11 is 0. The minimum atomic E-state index is 0.0760. The van der Waals surface area contributed by atoms with Gasteiger partial charge in [-0.25, -0.2) is 4.98 Å². The third-order valence-electron chi connectivity index (χ3n) is 2.71. The average molecular weight is 249 g/mol. The van der Waals surface area contributed by atoms with Gasteiger partial charge in [0.1, 0.15) is 5.65 Å². The number of rotatable bonds is 7. The van der Waals surface area contributed by atoms with Crippen LogP contribution < -0.4 is 5.32 Å². The molecule has 0 saturated carbocycles. The molecule has 0 aliphatic heterocycles. The van der Waals surface area contributed by atoms with Gasteiger partial charge >= 0.3 is 0 Å². The molecule has 2 rings (SSSR count). The zero-order valence-electron chi connectivity index (χ0n) is 10.6. The molecule has 0 aliphatic rings. The quantitative estimate of drug-likeness (QED) is 0.711. The van der Waals surface area contributed by atoms with Gasteiger partial charge in [-0.2, -0.15) is 0 Å². The van der Waals surface area contributed by atoms with Gasteiger partial charge in [0.25, 0.3) is 0 Å². The number of pyridine rings is 1. The molecule has 0 radical (unpaired) electrons. The average Bonchev–Trinajstić information content (AvgIpc) is 2.76. The van der Waals surface area contributed by atoms with Crippen molar-refractivity contribution < 1.29 is 9.84 Å². The Morgan fingerprint density at radius 1 is 1.44 bits per heavy atom. The number of aliphatic hydroxyl groups is 1. The number of imidazole rings is 1. The van der Waals surface area contributed by atoms with E-state index in [9.17, 15) is 0 Å². The fourth-order valence-corrected chi connectivity index (χ4v) is 1.79. The molecule has 2 aromatic rings. The third kappa shape index (κ3) is 3.29. The van der Waals surface area contributed by atoms with Crippen LogP contribution in [0.4, 0.5) is 0 Å². The Morgan fingerprint density at radius 3 is 3.17 bits per heavy atom. The highest BCUT2D eigenvalue weighted by atomic mass is 16.5. The van der Waals surface area contributed by atoms with Crippen molar-refractivity contribution in [2.75, 3.05) is 26.4 Å². The SMILES string of the molecule is Cc1ccn2c(CNCCOCCO)cnc2c1. The number of nitrogens with zero attached hydrogens (tertiary/aromatic N) is 2. The van der Waals surface area contributed by atoms with Crippen LogP contribution in [0.1, 0.15) is 11.3 Å². The van der Waals surface area contributed by atoms with Gasteiger partial charge in [-0.15, -0.1) is 0 Å². The number of fused-ring (bicyclic) bond motifs is 1. The van der Waals surface area contributed by atoms with Crippen LogP contribution in [0.3, 0.4) is 0 Å².